The number of carboxylic acids is 1. The van der Waals surface area contributed by atoms with Gasteiger partial charge in [-0.1, -0.05) is 0 Å². The summed E-state index contributed by atoms with van der Waals surface area (Å²) >= 11 is 0. The average molecular weight is 314 g/mol. The largest absolute Gasteiger partial charge is 0.478 e. The fourth-order valence-electron chi connectivity index (χ4n) is 2.18. The number of nitrogen functional groups attached to an aromatic ring is 1. The number of aromatic carboxylic acids is 1. The molecule has 0 bridgehead atoms. The van der Waals surface area contributed by atoms with Gasteiger partial charge >= 0.3 is 5.97 Å². The van der Waals surface area contributed by atoms with Gasteiger partial charge in [-0.3, -0.25) is 0 Å². The predicted molar refractivity (Wildman–Crippen MR) is 76.6 cm³/mol. The maximum atomic E-state index is 12.2. The van der Waals surface area contributed by atoms with E-state index in [0.29, 0.717) is 6.61 Å². The van der Waals surface area contributed by atoms with Crippen molar-refractivity contribution in [2.75, 3.05) is 18.9 Å². The van der Waals surface area contributed by atoms with Crippen LogP contribution >= 0.6 is 0 Å². The molecule has 1 aromatic carbocycles. The molecule has 0 saturated carbocycles. The molecule has 7 nitrogen and oxygen atoms in total. The Hall–Kier alpha value is -1.64. The second-order valence-corrected chi connectivity index (χ2v) is 6.63. The molecule has 0 aliphatic carbocycles. The molecule has 1 fully saturated rings. The summed E-state index contributed by atoms with van der Waals surface area (Å²) in [4.78, 5) is 10.7. The van der Waals surface area contributed by atoms with Crippen LogP contribution in [0.1, 0.15) is 29.6 Å². The van der Waals surface area contributed by atoms with Crippen LogP contribution in [0, 0.1) is 0 Å². The molecule has 1 aromatic rings. The minimum absolute atomic E-state index is 0.0536. The van der Waals surface area contributed by atoms with Gasteiger partial charge in [0.1, 0.15) is 4.90 Å². The van der Waals surface area contributed by atoms with Crippen LogP contribution in [0.4, 0.5) is 5.69 Å². The Kier molecular flexibility index (Phi) is 4.81. The van der Waals surface area contributed by atoms with Gasteiger partial charge in [0, 0.05) is 13.2 Å². The molecule has 1 heterocycles. The highest BCUT2D eigenvalue weighted by Crippen LogP contribution is 2.20. The molecule has 1 atom stereocenters. The first-order valence-electron chi connectivity index (χ1n) is 6.64. The zero-order chi connectivity index (χ0) is 15.5. The first-order valence-corrected chi connectivity index (χ1v) is 8.12. The Morgan fingerprint density at radius 3 is 2.76 bits per heavy atom. The number of ether oxygens (including phenoxy) is 1. The van der Waals surface area contributed by atoms with Gasteiger partial charge in [-0.25, -0.2) is 17.9 Å². The molecule has 0 amide bonds. The van der Waals surface area contributed by atoms with Crippen LogP contribution in [0.5, 0.6) is 0 Å². The predicted octanol–water partition coefficient (Wildman–Crippen LogP) is 0.814. The molecule has 2 rings (SSSR count). The number of hydrogen-bond acceptors (Lipinski definition) is 5. The van der Waals surface area contributed by atoms with E-state index in [0.717, 1.165) is 25.3 Å². The second-order valence-electron chi connectivity index (χ2n) is 4.90. The number of carboxylic acid groups (broad SMARTS) is 1. The fraction of sp³-hybridized carbons (Fsp3) is 0.462. The van der Waals surface area contributed by atoms with Crippen LogP contribution in [-0.4, -0.2) is 38.7 Å². The topological polar surface area (TPSA) is 119 Å². The summed E-state index contributed by atoms with van der Waals surface area (Å²) in [6, 6.07) is 3.54. The first kappa shape index (κ1) is 15.7. The third-order valence-corrected chi connectivity index (χ3v) is 4.82. The van der Waals surface area contributed by atoms with Crippen molar-refractivity contribution in [3.05, 3.63) is 23.8 Å². The highest BCUT2D eigenvalue weighted by molar-refractivity contribution is 7.89. The Labute approximate surface area is 123 Å². The summed E-state index contributed by atoms with van der Waals surface area (Å²) in [5.74, 6) is -1.16. The lowest BCUT2D eigenvalue weighted by Gasteiger charge is -2.22. The third kappa shape index (κ3) is 3.93. The third-order valence-electron chi connectivity index (χ3n) is 3.32. The second kappa shape index (κ2) is 6.42. The average Bonchev–Trinajstić information content (AvgIpc) is 2.46. The number of sulfonamides is 1. The van der Waals surface area contributed by atoms with Gasteiger partial charge < -0.3 is 15.6 Å². The van der Waals surface area contributed by atoms with E-state index in [1.54, 1.807) is 0 Å². The highest BCUT2D eigenvalue weighted by Gasteiger charge is 2.21. The number of nitrogens with one attached hydrogen (secondary N) is 1. The van der Waals surface area contributed by atoms with Gasteiger partial charge in [0.2, 0.25) is 10.0 Å². The number of rotatable bonds is 5. The molecule has 0 spiro atoms. The van der Waals surface area contributed by atoms with Crippen LogP contribution < -0.4 is 10.5 Å². The minimum atomic E-state index is -3.78. The van der Waals surface area contributed by atoms with Crippen molar-refractivity contribution in [1.29, 1.82) is 0 Å². The minimum Gasteiger partial charge on any atom is -0.478 e. The molecule has 0 radical (unpaired) electrons. The van der Waals surface area contributed by atoms with Crippen LogP contribution in [0.3, 0.4) is 0 Å². The van der Waals surface area contributed by atoms with E-state index in [-0.39, 0.29) is 28.8 Å². The van der Waals surface area contributed by atoms with E-state index in [2.05, 4.69) is 4.72 Å². The van der Waals surface area contributed by atoms with Crippen molar-refractivity contribution in [3.63, 3.8) is 0 Å². The SMILES string of the molecule is Nc1cc(C(=O)O)ccc1S(=O)(=O)NCC1CCCCO1. The summed E-state index contributed by atoms with van der Waals surface area (Å²) in [6.07, 6.45) is 2.69. The Balaban J connectivity index is 2.10. The van der Waals surface area contributed by atoms with Crippen LogP contribution in [0.2, 0.25) is 0 Å². The summed E-state index contributed by atoms with van der Waals surface area (Å²) in [5, 5.41) is 8.84. The van der Waals surface area contributed by atoms with Crippen molar-refractivity contribution < 1.29 is 23.1 Å². The van der Waals surface area contributed by atoms with Gasteiger partial charge in [0.15, 0.2) is 0 Å². The van der Waals surface area contributed by atoms with Gasteiger partial charge in [-0.15, -0.1) is 0 Å². The van der Waals surface area contributed by atoms with Gasteiger partial charge in [-0.2, -0.15) is 0 Å². The van der Waals surface area contributed by atoms with Crippen LogP contribution in [0.25, 0.3) is 0 Å². The van der Waals surface area contributed by atoms with Crippen molar-refractivity contribution in [2.45, 2.75) is 30.3 Å². The maximum Gasteiger partial charge on any atom is 0.335 e. The summed E-state index contributed by atoms with van der Waals surface area (Å²) in [7, 11) is -3.78. The molecular weight excluding hydrogens is 296 g/mol. The standard InChI is InChI=1S/C13H18N2O5S/c14-11-7-9(13(16)17)4-5-12(11)21(18,19)15-8-10-3-1-2-6-20-10/h4-5,7,10,15H,1-3,6,8,14H2,(H,16,17). The fourth-order valence-corrected chi connectivity index (χ4v) is 3.35. The van der Waals surface area contributed by atoms with Crippen molar-refractivity contribution in [1.82, 2.24) is 4.72 Å². The van der Waals surface area contributed by atoms with E-state index in [1.807, 2.05) is 0 Å². The number of hydrogen-bond donors (Lipinski definition) is 3. The smallest absolute Gasteiger partial charge is 0.335 e. The summed E-state index contributed by atoms with van der Waals surface area (Å²) in [6.45, 7) is 0.824. The lowest BCUT2D eigenvalue weighted by atomic mass is 10.1. The zero-order valence-corrected chi connectivity index (χ0v) is 12.2. The molecule has 1 saturated heterocycles. The van der Waals surface area contributed by atoms with E-state index in [9.17, 15) is 13.2 Å². The van der Waals surface area contributed by atoms with Gasteiger partial charge in [-0.05, 0) is 37.5 Å². The van der Waals surface area contributed by atoms with E-state index < -0.39 is 16.0 Å². The molecule has 21 heavy (non-hydrogen) atoms. The number of anilines is 1. The molecule has 1 aliphatic rings. The molecule has 1 unspecified atom stereocenters. The lowest BCUT2D eigenvalue weighted by molar-refractivity contribution is 0.0200. The van der Waals surface area contributed by atoms with Crippen LogP contribution in [0.15, 0.2) is 23.1 Å². The van der Waals surface area contributed by atoms with E-state index in [4.69, 9.17) is 15.6 Å². The number of nitrogens with two attached hydrogens (primary N) is 1. The Bertz CT molecular complexity index is 623. The molecule has 1 aliphatic heterocycles. The Morgan fingerprint density at radius 1 is 1.43 bits per heavy atom. The zero-order valence-electron chi connectivity index (χ0n) is 11.4. The van der Waals surface area contributed by atoms with E-state index >= 15 is 0 Å². The maximum absolute atomic E-state index is 12.2. The summed E-state index contributed by atoms with van der Waals surface area (Å²) < 4.78 is 32.3. The van der Waals surface area contributed by atoms with Crippen LogP contribution in [-0.2, 0) is 14.8 Å². The molecule has 0 aromatic heterocycles. The highest BCUT2D eigenvalue weighted by atomic mass is 32.2. The normalized spacial score (nSPS) is 19.3. The number of carbonyl (C=O) groups is 1. The summed E-state index contributed by atoms with van der Waals surface area (Å²) in [5.41, 5.74) is 5.50. The van der Waals surface area contributed by atoms with Gasteiger partial charge in [0.25, 0.3) is 0 Å². The lowest BCUT2D eigenvalue weighted by Crippen LogP contribution is -2.35. The molecular formula is C13H18N2O5S. The molecule has 116 valence electrons. The van der Waals surface area contributed by atoms with Crippen molar-refractivity contribution in [3.8, 4) is 0 Å². The first-order chi connectivity index (χ1) is 9.90. The quantitative estimate of drug-likeness (QED) is 0.692. The van der Waals surface area contributed by atoms with Gasteiger partial charge in [0.05, 0.1) is 17.4 Å². The molecule has 8 heteroatoms. The van der Waals surface area contributed by atoms with Crippen molar-refractivity contribution >= 4 is 21.7 Å². The van der Waals surface area contributed by atoms with Crippen molar-refractivity contribution in [2.24, 2.45) is 0 Å². The Morgan fingerprint density at radius 2 is 2.19 bits per heavy atom. The molecule has 4 N–H and O–H groups in total. The number of benzene rings is 1. The van der Waals surface area contributed by atoms with E-state index in [1.165, 1.54) is 12.1 Å². The monoisotopic (exact) mass is 314 g/mol.